The molecule has 0 heterocycles. The van der Waals surface area contributed by atoms with E-state index >= 15 is 0 Å². The average Bonchev–Trinajstić information content (AvgIpc) is 2.41. The summed E-state index contributed by atoms with van der Waals surface area (Å²) >= 11 is 0. The Bertz CT molecular complexity index is 478. The molecule has 0 aromatic rings. The number of hydroxylamine groups is 1. The number of hydrogen-bond acceptors (Lipinski definition) is 3. The maximum atomic E-state index is 11.8. The number of carbonyl (C=O) groups excluding carboxylic acids is 2. The number of rotatable bonds is 2. The molecule has 4 nitrogen and oxygen atoms in total. The molecule has 0 unspecified atom stereocenters. The molecule has 2 aliphatic rings. The van der Waals surface area contributed by atoms with E-state index in [-0.39, 0.29) is 28.9 Å². The summed E-state index contributed by atoms with van der Waals surface area (Å²) in [6.07, 6.45) is 6.30. The van der Waals surface area contributed by atoms with E-state index in [0.717, 1.165) is 30.4 Å². The summed E-state index contributed by atoms with van der Waals surface area (Å²) in [4.78, 5) is 23.3. The van der Waals surface area contributed by atoms with Crippen LogP contribution in [0.4, 0.5) is 0 Å². The van der Waals surface area contributed by atoms with Gasteiger partial charge < -0.3 is 0 Å². The SMILES string of the molecule is CC1=C2C[C@H]([C@H](C)C(=O)NO)CC[C@@]2(C)C=CC1=O. The van der Waals surface area contributed by atoms with Crippen LogP contribution in [0.25, 0.3) is 0 Å². The Kier molecular flexibility index (Phi) is 3.63. The fourth-order valence-corrected chi connectivity index (χ4v) is 3.27. The zero-order valence-electron chi connectivity index (χ0n) is 11.7. The van der Waals surface area contributed by atoms with Crippen LogP contribution in [0.2, 0.25) is 0 Å². The monoisotopic (exact) mass is 263 g/mol. The fraction of sp³-hybridized carbons (Fsp3) is 0.600. The van der Waals surface area contributed by atoms with Crippen molar-refractivity contribution >= 4 is 11.7 Å². The summed E-state index contributed by atoms with van der Waals surface area (Å²) in [6.45, 7) is 5.86. The van der Waals surface area contributed by atoms with Gasteiger partial charge in [0.25, 0.3) is 0 Å². The lowest BCUT2D eigenvalue weighted by atomic mass is 9.62. The van der Waals surface area contributed by atoms with Crippen LogP contribution < -0.4 is 5.48 Å². The quantitative estimate of drug-likeness (QED) is 0.594. The summed E-state index contributed by atoms with van der Waals surface area (Å²) in [6, 6.07) is 0. The van der Waals surface area contributed by atoms with Gasteiger partial charge in [-0.3, -0.25) is 14.8 Å². The summed E-state index contributed by atoms with van der Waals surface area (Å²) < 4.78 is 0. The molecule has 0 aromatic heterocycles. The van der Waals surface area contributed by atoms with Crippen molar-refractivity contribution in [2.45, 2.75) is 40.0 Å². The lowest BCUT2D eigenvalue weighted by molar-refractivity contribution is -0.134. The van der Waals surface area contributed by atoms with Gasteiger partial charge in [-0.05, 0) is 43.8 Å². The predicted octanol–water partition coefficient (Wildman–Crippen LogP) is 2.39. The molecule has 19 heavy (non-hydrogen) atoms. The molecule has 1 fully saturated rings. The molecule has 2 N–H and O–H groups in total. The molecule has 2 rings (SSSR count). The highest BCUT2D eigenvalue weighted by molar-refractivity contribution is 6.05. The first kappa shape index (κ1) is 14.0. The predicted molar refractivity (Wildman–Crippen MR) is 71.4 cm³/mol. The first-order valence-corrected chi connectivity index (χ1v) is 6.77. The third-order valence-corrected chi connectivity index (χ3v) is 4.85. The first-order chi connectivity index (χ1) is 8.89. The minimum absolute atomic E-state index is 0.0378. The summed E-state index contributed by atoms with van der Waals surface area (Å²) in [5.74, 6) is -0.322. The van der Waals surface area contributed by atoms with Gasteiger partial charge in [-0.25, -0.2) is 5.48 Å². The van der Waals surface area contributed by atoms with Crippen LogP contribution in [0.3, 0.4) is 0 Å². The number of hydrogen-bond donors (Lipinski definition) is 2. The lowest BCUT2D eigenvalue weighted by Gasteiger charge is -2.42. The Hall–Kier alpha value is -1.42. The minimum atomic E-state index is -0.343. The number of ketones is 1. The van der Waals surface area contributed by atoms with E-state index in [0.29, 0.717) is 0 Å². The molecule has 104 valence electrons. The molecule has 0 aliphatic heterocycles. The first-order valence-electron chi connectivity index (χ1n) is 6.77. The maximum Gasteiger partial charge on any atom is 0.246 e. The molecule has 0 bridgehead atoms. The van der Waals surface area contributed by atoms with E-state index in [1.54, 1.807) is 11.6 Å². The Morgan fingerprint density at radius 2 is 2.26 bits per heavy atom. The topological polar surface area (TPSA) is 66.4 Å². The van der Waals surface area contributed by atoms with Crippen LogP contribution in [-0.2, 0) is 9.59 Å². The Morgan fingerprint density at radius 3 is 2.89 bits per heavy atom. The second-order valence-corrected chi connectivity index (χ2v) is 5.99. The molecule has 1 saturated carbocycles. The minimum Gasteiger partial charge on any atom is -0.290 e. The smallest absolute Gasteiger partial charge is 0.246 e. The molecule has 0 saturated heterocycles. The second kappa shape index (κ2) is 4.93. The normalized spacial score (nSPS) is 32.0. The Labute approximate surface area is 113 Å². The van der Waals surface area contributed by atoms with E-state index in [1.165, 1.54) is 0 Å². The molecule has 0 spiro atoms. The number of nitrogens with one attached hydrogen (secondary N) is 1. The highest BCUT2D eigenvalue weighted by Gasteiger charge is 2.40. The molecule has 0 aromatic carbocycles. The van der Waals surface area contributed by atoms with Crippen molar-refractivity contribution in [3.63, 3.8) is 0 Å². The second-order valence-electron chi connectivity index (χ2n) is 5.99. The van der Waals surface area contributed by atoms with E-state index in [1.807, 2.05) is 19.9 Å². The van der Waals surface area contributed by atoms with Crippen molar-refractivity contribution in [3.8, 4) is 0 Å². The summed E-state index contributed by atoms with van der Waals surface area (Å²) in [5.41, 5.74) is 3.68. The maximum absolute atomic E-state index is 11.8. The van der Waals surface area contributed by atoms with E-state index in [4.69, 9.17) is 5.21 Å². The van der Waals surface area contributed by atoms with E-state index < -0.39 is 0 Å². The van der Waals surface area contributed by atoms with Crippen LogP contribution in [0.5, 0.6) is 0 Å². The van der Waals surface area contributed by atoms with Gasteiger partial charge >= 0.3 is 0 Å². The van der Waals surface area contributed by atoms with Gasteiger partial charge in [0.15, 0.2) is 5.78 Å². The van der Waals surface area contributed by atoms with Gasteiger partial charge in [0, 0.05) is 11.3 Å². The molecule has 1 amide bonds. The highest BCUT2D eigenvalue weighted by Crippen LogP contribution is 2.49. The van der Waals surface area contributed by atoms with Crippen molar-refractivity contribution in [2.24, 2.45) is 17.3 Å². The Morgan fingerprint density at radius 1 is 1.58 bits per heavy atom. The van der Waals surface area contributed by atoms with Crippen LogP contribution in [-0.4, -0.2) is 16.9 Å². The summed E-state index contributed by atoms with van der Waals surface area (Å²) in [7, 11) is 0. The summed E-state index contributed by atoms with van der Waals surface area (Å²) in [5, 5.41) is 8.74. The molecule has 3 atom stereocenters. The third kappa shape index (κ3) is 2.37. The van der Waals surface area contributed by atoms with E-state index in [9.17, 15) is 9.59 Å². The van der Waals surface area contributed by atoms with Gasteiger partial charge in [-0.15, -0.1) is 0 Å². The largest absolute Gasteiger partial charge is 0.290 e. The van der Waals surface area contributed by atoms with Crippen molar-refractivity contribution in [1.29, 1.82) is 0 Å². The molecular weight excluding hydrogens is 242 g/mol. The van der Waals surface area contributed by atoms with Crippen LogP contribution in [0.15, 0.2) is 23.3 Å². The van der Waals surface area contributed by atoms with Gasteiger partial charge in [-0.2, -0.15) is 0 Å². The number of fused-ring (bicyclic) bond motifs is 1. The average molecular weight is 263 g/mol. The standard InChI is InChI=1S/C15H21NO3/c1-9(14(18)16-19)11-4-6-15(3)7-5-13(17)10(2)12(15)8-11/h5,7,9,11,19H,4,6,8H2,1-3H3,(H,16,18)/t9-,11+,15-/m0/s1. The van der Waals surface area contributed by atoms with Crippen molar-refractivity contribution in [1.82, 2.24) is 5.48 Å². The zero-order valence-corrected chi connectivity index (χ0v) is 11.7. The van der Waals surface area contributed by atoms with Crippen molar-refractivity contribution in [3.05, 3.63) is 23.3 Å². The van der Waals surface area contributed by atoms with Gasteiger partial charge in [0.2, 0.25) is 5.91 Å². The number of carbonyl (C=O) groups is 2. The van der Waals surface area contributed by atoms with Gasteiger partial charge in [-0.1, -0.05) is 25.5 Å². The highest BCUT2D eigenvalue weighted by atomic mass is 16.5. The number of amides is 1. The van der Waals surface area contributed by atoms with Crippen molar-refractivity contribution < 1.29 is 14.8 Å². The van der Waals surface area contributed by atoms with Crippen LogP contribution in [0, 0.1) is 17.3 Å². The van der Waals surface area contributed by atoms with Crippen molar-refractivity contribution in [2.75, 3.05) is 0 Å². The Balaban J connectivity index is 2.24. The molecule has 4 heteroatoms. The van der Waals surface area contributed by atoms with E-state index in [2.05, 4.69) is 6.92 Å². The molecule has 2 aliphatic carbocycles. The van der Waals surface area contributed by atoms with Crippen LogP contribution >= 0.6 is 0 Å². The van der Waals surface area contributed by atoms with Crippen LogP contribution in [0.1, 0.15) is 40.0 Å². The van der Waals surface area contributed by atoms with Gasteiger partial charge in [0.05, 0.1) is 0 Å². The van der Waals surface area contributed by atoms with Gasteiger partial charge in [0.1, 0.15) is 0 Å². The lowest BCUT2D eigenvalue weighted by Crippen LogP contribution is -2.37. The third-order valence-electron chi connectivity index (χ3n) is 4.85. The molecular formula is C15H21NO3. The molecule has 0 radical (unpaired) electrons. The zero-order chi connectivity index (χ0) is 14.2. The number of allylic oxidation sites excluding steroid dienone is 4. The fourth-order valence-electron chi connectivity index (χ4n) is 3.27.